The molecule has 0 saturated carbocycles. The Morgan fingerprint density at radius 1 is 1.24 bits per heavy atom. The van der Waals surface area contributed by atoms with E-state index in [9.17, 15) is 4.39 Å². The Morgan fingerprint density at radius 2 is 2.10 bits per heavy atom. The van der Waals surface area contributed by atoms with Gasteiger partial charge in [0, 0.05) is 25.3 Å². The lowest BCUT2D eigenvalue weighted by Gasteiger charge is -2.43. The van der Waals surface area contributed by atoms with Crippen LogP contribution >= 0.6 is 0 Å². The van der Waals surface area contributed by atoms with E-state index < -0.39 is 0 Å². The van der Waals surface area contributed by atoms with Crippen LogP contribution in [0.15, 0.2) is 18.2 Å². The predicted molar refractivity (Wildman–Crippen MR) is 85.2 cm³/mol. The second kappa shape index (κ2) is 5.93. The summed E-state index contributed by atoms with van der Waals surface area (Å²) in [6.07, 6.45) is 4.37. The first kappa shape index (κ1) is 14.8. The van der Waals surface area contributed by atoms with Gasteiger partial charge in [-0.3, -0.25) is 0 Å². The molecule has 0 spiro atoms. The Bertz CT molecular complexity index is 505. The van der Waals surface area contributed by atoms with Crippen molar-refractivity contribution in [2.75, 3.05) is 37.6 Å². The number of hydrogen-bond donors (Lipinski definition) is 1. The number of rotatable bonds is 3. The zero-order chi connectivity index (χ0) is 14.9. The monoisotopic (exact) mass is 291 g/mol. The number of anilines is 1. The van der Waals surface area contributed by atoms with Gasteiger partial charge in [-0.1, -0.05) is 13.0 Å². The number of fused-ring (bicyclic) bond motifs is 1. The molecule has 3 nitrogen and oxygen atoms in total. The van der Waals surface area contributed by atoms with E-state index in [1.165, 1.54) is 12.0 Å². The Hall–Kier alpha value is -1.13. The van der Waals surface area contributed by atoms with Gasteiger partial charge in [-0.25, -0.2) is 4.39 Å². The summed E-state index contributed by atoms with van der Waals surface area (Å²) in [4.78, 5) is 4.91. The molecule has 1 aromatic rings. The minimum absolute atomic E-state index is 0.00294. The van der Waals surface area contributed by atoms with Crippen LogP contribution in [0.3, 0.4) is 0 Å². The number of nitrogens with two attached hydrogens (primary N) is 1. The van der Waals surface area contributed by atoms with E-state index in [1.807, 2.05) is 6.07 Å². The lowest BCUT2D eigenvalue weighted by molar-refractivity contribution is 0.286. The molecule has 0 radical (unpaired) electrons. The fraction of sp³-hybridized carbons (Fsp3) is 0.647. The third-order valence-corrected chi connectivity index (χ3v) is 5.35. The van der Waals surface area contributed by atoms with Crippen molar-refractivity contribution in [2.24, 2.45) is 5.73 Å². The van der Waals surface area contributed by atoms with Crippen LogP contribution in [0.4, 0.5) is 10.1 Å². The quantitative estimate of drug-likeness (QED) is 0.928. The minimum Gasteiger partial charge on any atom is -0.364 e. The molecule has 3 rings (SSSR count). The molecule has 116 valence electrons. The molecule has 1 fully saturated rings. The van der Waals surface area contributed by atoms with E-state index in [2.05, 4.69) is 16.7 Å². The molecule has 2 aliphatic rings. The van der Waals surface area contributed by atoms with Crippen molar-refractivity contribution >= 4 is 5.69 Å². The summed E-state index contributed by atoms with van der Waals surface area (Å²) < 4.78 is 13.7. The fourth-order valence-electron chi connectivity index (χ4n) is 3.98. The normalized spacial score (nSPS) is 26.7. The van der Waals surface area contributed by atoms with Crippen molar-refractivity contribution in [3.8, 4) is 0 Å². The maximum Gasteiger partial charge on any atom is 0.125 e. The van der Waals surface area contributed by atoms with E-state index >= 15 is 0 Å². The Labute approximate surface area is 126 Å². The van der Waals surface area contributed by atoms with Crippen molar-refractivity contribution in [3.63, 3.8) is 0 Å². The second-order valence-electron chi connectivity index (χ2n) is 6.39. The summed E-state index contributed by atoms with van der Waals surface area (Å²) in [5.74, 6) is -0.142. The highest BCUT2D eigenvalue weighted by molar-refractivity contribution is 5.60. The SMILES string of the molecule is CCN1CCCC(CN)(N2CCc3ccc(F)cc32)CC1. The van der Waals surface area contributed by atoms with Gasteiger partial charge in [-0.15, -0.1) is 0 Å². The molecule has 0 bridgehead atoms. The lowest BCUT2D eigenvalue weighted by atomic mass is 9.88. The summed E-state index contributed by atoms with van der Waals surface area (Å²) >= 11 is 0. The van der Waals surface area contributed by atoms with E-state index in [1.54, 1.807) is 12.1 Å². The average molecular weight is 291 g/mol. The number of benzene rings is 1. The van der Waals surface area contributed by atoms with Gasteiger partial charge in [-0.05, 0) is 56.5 Å². The Kier molecular flexibility index (Phi) is 4.18. The molecule has 1 unspecified atom stereocenters. The molecule has 1 atom stereocenters. The maximum absolute atomic E-state index is 13.7. The van der Waals surface area contributed by atoms with Gasteiger partial charge in [0.25, 0.3) is 0 Å². The van der Waals surface area contributed by atoms with Gasteiger partial charge >= 0.3 is 0 Å². The van der Waals surface area contributed by atoms with Crippen LogP contribution < -0.4 is 10.6 Å². The van der Waals surface area contributed by atoms with Crippen LogP contribution in [0.2, 0.25) is 0 Å². The fourth-order valence-corrected chi connectivity index (χ4v) is 3.98. The molecule has 4 heteroatoms. The lowest BCUT2D eigenvalue weighted by Crippen LogP contribution is -2.54. The predicted octanol–water partition coefficient (Wildman–Crippen LogP) is 2.39. The van der Waals surface area contributed by atoms with Gasteiger partial charge in [0.2, 0.25) is 0 Å². The molecule has 0 aliphatic carbocycles. The van der Waals surface area contributed by atoms with E-state index in [-0.39, 0.29) is 11.4 Å². The molecule has 2 N–H and O–H groups in total. The zero-order valence-corrected chi connectivity index (χ0v) is 12.9. The van der Waals surface area contributed by atoms with Crippen LogP contribution in [0.5, 0.6) is 0 Å². The smallest absolute Gasteiger partial charge is 0.125 e. The highest BCUT2D eigenvalue weighted by Gasteiger charge is 2.40. The van der Waals surface area contributed by atoms with Crippen LogP contribution in [0.25, 0.3) is 0 Å². The molecule has 2 heterocycles. The first-order chi connectivity index (χ1) is 10.2. The third kappa shape index (κ3) is 2.67. The minimum atomic E-state index is -0.142. The largest absolute Gasteiger partial charge is 0.364 e. The average Bonchev–Trinajstić information content (AvgIpc) is 2.80. The standard InChI is InChI=1S/C17H26FN3/c1-2-20-9-3-7-17(13-19,8-11-20)21-10-6-14-4-5-15(18)12-16(14)21/h4-5,12H,2-3,6-11,13,19H2,1H3. The van der Waals surface area contributed by atoms with Crippen molar-refractivity contribution in [3.05, 3.63) is 29.6 Å². The molecule has 0 amide bonds. The molecule has 21 heavy (non-hydrogen) atoms. The molecular weight excluding hydrogens is 265 g/mol. The number of likely N-dealkylation sites (tertiary alicyclic amines) is 1. The summed E-state index contributed by atoms with van der Waals surface area (Å²) in [6, 6.07) is 5.20. The summed E-state index contributed by atoms with van der Waals surface area (Å²) in [7, 11) is 0. The second-order valence-corrected chi connectivity index (χ2v) is 6.39. The van der Waals surface area contributed by atoms with Crippen LogP contribution in [0.1, 0.15) is 31.7 Å². The third-order valence-electron chi connectivity index (χ3n) is 5.35. The van der Waals surface area contributed by atoms with Crippen molar-refractivity contribution in [2.45, 2.75) is 38.1 Å². The maximum atomic E-state index is 13.7. The highest BCUT2D eigenvalue weighted by atomic mass is 19.1. The van der Waals surface area contributed by atoms with Crippen LogP contribution in [-0.4, -0.2) is 43.2 Å². The summed E-state index contributed by atoms with van der Waals surface area (Å²) in [5.41, 5.74) is 8.56. The van der Waals surface area contributed by atoms with Gasteiger partial charge in [0.15, 0.2) is 0 Å². The Balaban J connectivity index is 1.89. The van der Waals surface area contributed by atoms with E-state index in [0.29, 0.717) is 6.54 Å². The van der Waals surface area contributed by atoms with E-state index in [4.69, 9.17) is 5.73 Å². The van der Waals surface area contributed by atoms with Crippen LogP contribution in [0, 0.1) is 5.82 Å². The first-order valence-corrected chi connectivity index (χ1v) is 8.17. The zero-order valence-electron chi connectivity index (χ0n) is 12.9. The Morgan fingerprint density at radius 3 is 2.86 bits per heavy atom. The number of hydrogen-bond acceptors (Lipinski definition) is 3. The van der Waals surface area contributed by atoms with Crippen molar-refractivity contribution in [1.29, 1.82) is 0 Å². The van der Waals surface area contributed by atoms with Gasteiger partial charge in [0.1, 0.15) is 5.82 Å². The molecule has 0 aromatic heterocycles. The summed E-state index contributed by atoms with van der Waals surface area (Å²) in [6.45, 7) is 7.20. The molecule has 1 aromatic carbocycles. The van der Waals surface area contributed by atoms with Crippen molar-refractivity contribution in [1.82, 2.24) is 4.90 Å². The van der Waals surface area contributed by atoms with Crippen LogP contribution in [-0.2, 0) is 6.42 Å². The summed E-state index contributed by atoms with van der Waals surface area (Å²) in [5, 5.41) is 0. The highest BCUT2D eigenvalue weighted by Crippen LogP contribution is 2.38. The topological polar surface area (TPSA) is 32.5 Å². The van der Waals surface area contributed by atoms with Gasteiger partial charge < -0.3 is 15.5 Å². The molecular formula is C17H26FN3. The van der Waals surface area contributed by atoms with Crippen molar-refractivity contribution < 1.29 is 4.39 Å². The van der Waals surface area contributed by atoms with Gasteiger partial charge in [-0.2, -0.15) is 0 Å². The first-order valence-electron chi connectivity index (χ1n) is 8.17. The number of halogens is 1. The molecule has 1 saturated heterocycles. The van der Waals surface area contributed by atoms with E-state index in [0.717, 1.165) is 51.1 Å². The molecule has 2 aliphatic heterocycles. The number of nitrogens with zero attached hydrogens (tertiary/aromatic N) is 2. The van der Waals surface area contributed by atoms with Gasteiger partial charge in [0.05, 0.1) is 5.54 Å².